The minimum absolute atomic E-state index is 0. The van der Waals surface area contributed by atoms with E-state index in [4.69, 9.17) is 5.73 Å². The first-order chi connectivity index (χ1) is 8.69. The Balaban J connectivity index is 0.00000361. The zero-order valence-electron chi connectivity index (χ0n) is 13.0. The maximum absolute atomic E-state index is 12.0. The lowest BCUT2D eigenvalue weighted by molar-refractivity contribution is -0.117. The molecule has 5 heteroatoms. The van der Waals surface area contributed by atoms with E-state index in [1.54, 1.807) is 0 Å². The van der Waals surface area contributed by atoms with Gasteiger partial charge in [-0.2, -0.15) is 0 Å². The predicted molar refractivity (Wildman–Crippen MR) is 87.6 cm³/mol. The highest BCUT2D eigenvalue weighted by molar-refractivity contribution is 5.93. The molecule has 0 atom stereocenters. The zero-order chi connectivity index (χ0) is 14.6. The molecular formula is C15H26ClN3O. The molecular weight excluding hydrogens is 274 g/mol. The monoisotopic (exact) mass is 299 g/mol. The number of benzene rings is 1. The summed E-state index contributed by atoms with van der Waals surface area (Å²) in [6.45, 7) is 8.91. The average Bonchev–Trinajstić information content (AvgIpc) is 2.20. The van der Waals surface area contributed by atoms with Gasteiger partial charge in [0.25, 0.3) is 0 Å². The van der Waals surface area contributed by atoms with Crippen LogP contribution in [0.3, 0.4) is 0 Å². The summed E-state index contributed by atoms with van der Waals surface area (Å²) in [6, 6.07) is 5.98. The number of anilines is 1. The van der Waals surface area contributed by atoms with Crippen LogP contribution >= 0.6 is 12.4 Å². The summed E-state index contributed by atoms with van der Waals surface area (Å²) in [7, 11) is 1.90. The number of hydrogen-bond acceptors (Lipinski definition) is 3. The molecule has 0 saturated carbocycles. The molecule has 1 aromatic carbocycles. The standard InChI is InChI=1S/C15H25N3O.ClH/c1-11-7-6-8-12(2)14(11)17-13(19)9-18(5)10-15(3,4)16;/h6-8H,9-10,16H2,1-5H3,(H,17,19);1H. The fourth-order valence-electron chi connectivity index (χ4n) is 2.19. The maximum atomic E-state index is 12.0. The zero-order valence-corrected chi connectivity index (χ0v) is 13.8. The molecule has 1 rings (SSSR count). The number of nitrogens with one attached hydrogen (secondary N) is 1. The highest BCUT2D eigenvalue weighted by atomic mass is 35.5. The van der Waals surface area contributed by atoms with E-state index in [2.05, 4.69) is 5.32 Å². The van der Waals surface area contributed by atoms with Crippen molar-refractivity contribution in [2.45, 2.75) is 33.2 Å². The Morgan fingerprint density at radius 1 is 1.30 bits per heavy atom. The molecule has 4 nitrogen and oxygen atoms in total. The van der Waals surface area contributed by atoms with Crippen molar-refractivity contribution >= 4 is 24.0 Å². The van der Waals surface area contributed by atoms with Crippen molar-refractivity contribution in [1.82, 2.24) is 4.90 Å². The molecule has 0 heterocycles. The van der Waals surface area contributed by atoms with Gasteiger partial charge in [-0.15, -0.1) is 12.4 Å². The van der Waals surface area contributed by atoms with Crippen molar-refractivity contribution in [1.29, 1.82) is 0 Å². The minimum Gasteiger partial charge on any atom is -0.324 e. The van der Waals surface area contributed by atoms with Gasteiger partial charge in [0, 0.05) is 17.8 Å². The lowest BCUT2D eigenvalue weighted by Gasteiger charge is -2.26. The summed E-state index contributed by atoms with van der Waals surface area (Å²) in [4.78, 5) is 14.0. The normalized spacial score (nSPS) is 11.2. The van der Waals surface area contributed by atoms with Gasteiger partial charge in [0.05, 0.1) is 6.54 Å². The molecule has 114 valence electrons. The lowest BCUT2D eigenvalue weighted by Crippen LogP contribution is -2.46. The molecule has 1 amide bonds. The third-order valence-corrected chi connectivity index (χ3v) is 2.84. The molecule has 3 N–H and O–H groups in total. The summed E-state index contributed by atoms with van der Waals surface area (Å²) in [5.41, 5.74) is 8.71. The smallest absolute Gasteiger partial charge is 0.238 e. The van der Waals surface area contributed by atoms with Crippen LogP contribution < -0.4 is 11.1 Å². The van der Waals surface area contributed by atoms with Gasteiger partial charge in [0.2, 0.25) is 5.91 Å². The van der Waals surface area contributed by atoms with Crippen LogP contribution in [0.15, 0.2) is 18.2 Å². The van der Waals surface area contributed by atoms with Gasteiger partial charge < -0.3 is 11.1 Å². The van der Waals surface area contributed by atoms with E-state index in [-0.39, 0.29) is 23.9 Å². The van der Waals surface area contributed by atoms with E-state index in [1.807, 2.05) is 57.8 Å². The Hall–Kier alpha value is -1.10. The molecule has 0 aromatic heterocycles. The highest BCUT2D eigenvalue weighted by Gasteiger charge is 2.16. The number of carbonyl (C=O) groups excluding carboxylic acids is 1. The van der Waals surface area contributed by atoms with E-state index in [1.165, 1.54) is 0 Å². The SMILES string of the molecule is Cc1cccc(C)c1NC(=O)CN(C)CC(C)(C)N.Cl. The number of aryl methyl sites for hydroxylation is 2. The molecule has 0 spiro atoms. The molecule has 0 aliphatic carbocycles. The van der Waals surface area contributed by atoms with Crippen molar-refractivity contribution in [2.75, 3.05) is 25.5 Å². The molecule has 0 unspecified atom stereocenters. The summed E-state index contributed by atoms with van der Waals surface area (Å²) >= 11 is 0. The van der Waals surface area contributed by atoms with Crippen LogP contribution in [0.5, 0.6) is 0 Å². The molecule has 0 radical (unpaired) electrons. The number of nitrogens with zero attached hydrogens (tertiary/aromatic N) is 1. The summed E-state index contributed by atoms with van der Waals surface area (Å²) in [5.74, 6) is -0.0100. The van der Waals surface area contributed by atoms with Gasteiger partial charge in [-0.25, -0.2) is 0 Å². The van der Waals surface area contributed by atoms with Crippen LogP contribution in [0.1, 0.15) is 25.0 Å². The second-order valence-corrected chi connectivity index (χ2v) is 5.98. The Bertz CT molecular complexity index is 435. The number of nitrogens with two attached hydrogens (primary N) is 1. The number of para-hydroxylation sites is 1. The van der Waals surface area contributed by atoms with E-state index < -0.39 is 0 Å². The van der Waals surface area contributed by atoms with E-state index in [0.717, 1.165) is 16.8 Å². The van der Waals surface area contributed by atoms with Crippen molar-refractivity contribution in [2.24, 2.45) is 5.73 Å². The quantitative estimate of drug-likeness (QED) is 0.877. The molecule has 0 saturated heterocycles. The van der Waals surface area contributed by atoms with Crippen LogP contribution in [-0.4, -0.2) is 36.5 Å². The van der Waals surface area contributed by atoms with Crippen LogP contribution in [0, 0.1) is 13.8 Å². The Morgan fingerprint density at radius 3 is 2.25 bits per heavy atom. The maximum Gasteiger partial charge on any atom is 0.238 e. The van der Waals surface area contributed by atoms with Crippen LogP contribution in [0.2, 0.25) is 0 Å². The van der Waals surface area contributed by atoms with Gasteiger partial charge in [-0.3, -0.25) is 9.69 Å². The van der Waals surface area contributed by atoms with E-state index in [9.17, 15) is 4.79 Å². The summed E-state index contributed by atoms with van der Waals surface area (Å²) in [5, 5.41) is 2.97. The topological polar surface area (TPSA) is 58.4 Å². The summed E-state index contributed by atoms with van der Waals surface area (Å²) < 4.78 is 0. The minimum atomic E-state index is -0.298. The molecule has 20 heavy (non-hydrogen) atoms. The van der Waals surface area contributed by atoms with Crippen LogP contribution in [0.25, 0.3) is 0 Å². The Kier molecular flexibility index (Phi) is 7.20. The number of halogens is 1. The summed E-state index contributed by atoms with van der Waals surface area (Å²) in [6.07, 6.45) is 0. The molecule has 1 aromatic rings. The van der Waals surface area contributed by atoms with Gasteiger partial charge in [0.1, 0.15) is 0 Å². The molecule has 0 bridgehead atoms. The predicted octanol–water partition coefficient (Wildman–Crippen LogP) is 2.33. The first-order valence-electron chi connectivity index (χ1n) is 6.52. The third-order valence-electron chi connectivity index (χ3n) is 2.84. The number of rotatable bonds is 5. The lowest BCUT2D eigenvalue weighted by atomic mass is 10.1. The first-order valence-corrected chi connectivity index (χ1v) is 6.52. The fraction of sp³-hybridized carbons (Fsp3) is 0.533. The third kappa shape index (κ3) is 6.37. The highest BCUT2D eigenvalue weighted by Crippen LogP contribution is 2.19. The molecule has 0 aliphatic heterocycles. The van der Waals surface area contributed by atoms with Crippen molar-refractivity contribution < 1.29 is 4.79 Å². The van der Waals surface area contributed by atoms with Crippen molar-refractivity contribution in [3.8, 4) is 0 Å². The van der Waals surface area contributed by atoms with E-state index in [0.29, 0.717) is 13.1 Å². The van der Waals surface area contributed by atoms with Crippen LogP contribution in [0.4, 0.5) is 5.69 Å². The van der Waals surface area contributed by atoms with Gasteiger partial charge in [-0.1, -0.05) is 18.2 Å². The Labute approximate surface area is 128 Å². The van der Waals surface area contributed by atoms with Crippen molar-refractivity contribution in [3.05, 3.63) is 29.3 Å². The van der Waals surface area contributed by atoms with Crippen molar-refractivity contribution in [3.63, 3.8) is 0 Å². The van der Waals surface area contributed by atoms with Gasteiger partial charge in [-0.05, 0) is 45.9 Å². The molecule has 0 aliphatic rings. The number of carbonyl (C=O) groups is 1. The second kappa shape index (κ2) is 7.62. The number of amides is 1. The Morgan fingerprint density at radius 2 is 1.80 bits per heavy atom. The number of likely N-dealkylation sites (N-methyl/N-ethyl adjacent to an activating group) is 1. The second-order valence-electron chi connectivity index (χ2n) is 5.98. The first kappa shape index (κ1) is 18.9. The van der Waals surface area contributed by atoms with E-state index >= 15 is 0 Å². The average molecular weight is 300 g/mol. The molecule has 0 fully saturated rings. The number of hydrogen-bond donors (Lipinski definition) is 2. The van der Waals surface area contributed by atoms with Crippen LogP contribution in [-0.2, 0) is 4.79 Å². The largest absolute Gasteiger partial charge is 0.324 e. The van der Waals surface area contributed by atoms with Gasteiger partial charge in [0.15, 0.2) is 0 Å². The van der Waals surface area contributed by atoms with Gasteiger partial charge >= 0.3 is 0 Å². The fourth-order valence-corrected chi connectivity index (χ4v) is 2.19.